The van der Waals surface area contributed by atoms with Crippen molar-refractivity contribution in [3.8, 4) is 16.9 Å². The number of nitrogens with one attached hydrogen (secondary N) is 1. The summed E-state index contributed by atoms with van der Waals surface area (Å²) in [7, 11) is 0. The number of esters is 1. The molecule has 3 aliphatic rings. The lowest BCUT2D eigenvalue weighted by atomic mass is 9.60. The molecule has 5 rings (SSSR count). The summed E-state index contributed by atoms with van der Waals surface area (Å²) in [5.41, 5.74) is 3.06. The Labute approximate surface area is 239 Å². The maximum atomic E-state index is 13.8. The fourth-order valence-electron chi connectivity index (χ4n) is 6.18. The minimum atomic E-state index is -2.64. The molecular weight excluding hydrogens is 548 g/mol. The average Bonchev–Trinajstić information content (AvgIpc) is 2.94. The Morgan fingerprint density at radius 3 is 2.52 bits per heavy atom. The minimum Gasteiger partial charge on any atom is -0.511 e. The molecule has 12 nitrogen and oxygen atoms in total. The number of carbonyl (C=O) groups is 5. The van der Waals surface area contributed by atoms with E-state index in [0.717, 1.165) is 0 Å². The van der Waals surface area contributed by atoms with E-state index in [-0.39, 0.29) is 54.9 Å². The third-order valence-corrected chi connectivity index (χ3v) is 8.08. The van der Waals surface area contributed by atoms with Crippen LogP contribution in [0.4, 0.5) is 0 Å². The molecule has 0 aromatic heterocycles. The maximum absolute atomic E-state index is 13.8. The largest absolute Gasteiger partial charge is 0.511 e. The van der Waals surface area contributed by atoms with E-state index in [1.807, 2.05) is 0 Å². The number of hydrogen-bond donors (Lipinski definition) is 6. The van der Waals surface area contributed by atoms with E-state index in [1.54, 1.807) is 37.3 Å². The van der Waals surface area contributed by atoms with Crippen molar-refractivity contribution in [3.05, 3.63) is 75.8 Å². The van der Waals surface area contributed by atoms with E-state index in [1.165, 1.54) is 6.07 Å². The van der Waals surface area contributed by atoms with Crippen LogP contribution in [0.25, 0.3) is 11.1 Å². The number of phenols is 1. The van der Waals surface area contributed by atoms with E-state index in [0.29, 0.717) is 16.7 Å². The molecule has 42 heavy (non-hydrogen) atoms. The first-order valence-corrected chi connectivity index (χ1v) is 13.3. The van der Waals surface area contributed by atoms with Crippen LogP contribution in [0.3, 0.4) is 0 Å². The lowest BCUT2D eigenvalue weighted by molar-refractivity contribution is -0.144. The number of aromatic hydroxyl groups is 1. The van der Waals surface area contributed by atoms with Gasteiger partial charge in [0, 0.05) is 23.5 Å². The number of hydrogen-bond acceptors (Lipinski definition) is 10. The average molecular weight is 577 g/mol. The molecule has 0 fully saturated rings. The Bertz CT molecular complexity index is 1640. The number of allylic oxidation sites excluding steroid dienone is 2. The number of rotatable bonds is 6. The van der Waals surface area contributed by atoms with Gasteiger partial charge in [-0.3, -0.25) is 24.0 Å². The highest BCUT2D eigenvalue weighted by Crippen LogP contribution is 2.52. The van der Waals surface area contributed by atoms with Crippen molar-refractivity contribution in [1.82, 2.24) is 5.32 Å². The summed E-state index contributed by atoms with van der Waals surface area (Å²) in [6.45, 7) is 1.50. The normalized spacial score (nSPS) is 23.1. The molecule has 2 aromatic rings. The van der Waals surface area contributed by atoms with Gasteiger partial charge in [0.05, 0.1) is 12.2 Å². The van der Waals surface area contributed by atoms with Crippen molar-refractivity contribution in [2.75, 3.05) is 13.2 Å². The summed E-state index contributed by atoms with van der Waals surface area (Å²) in [4.78, 5) is 63.0. The van der Waals surface area contributed by atoms with E-state index >= 15 is 0 Å². The van der Waals surface area contributed by atoms with Crippen molar-refractivity contribution in [2.45, 2.75) is 31.8 Å². The van der Waals surface area contributed by atoms with E-state index < -0.39 is 63.9 Å². The van der Waals surface area contributed by atoms with Gasteiger partial charge >= 0.3 is 5.97 Å². The SMILES string of the molecule is CCOC(=O)CNC(=O)c1cccc(-c2ccc(O)c3c2C[C@H]2C[C@H]4CC(O)=C(C(N)=O)C(=O)[C@@]4(O)C(O)=C2C3=O)c1. The Hall–Kier alpha value is -4.97. The van der Waals surface area contributed by atoms with Crippen LogP contribution in [0.1, 0.15) is 46.0 Å². The van der Waals surface area contributed by atoms with Crippen LogP contribution in [-0.4, -0.2) is 68.5 Å². The zero-order valence-electron chi connectivity index (χ0n) is 22.5. The molecular formula is C30H28N2O10. The lowest BCUT2D eigenvalue weighted by Gasteiger charge is -2.45. The van der Waals surface area contributed by atoms with Gasteiger partial charge in [-0.25, -0.2) is 0 Å². The molecule has 12 heteroatoms. The standard InChI is InChI=1S/C30H28N2O10/c1-2-42-21(35)12-32-29(40)14-5-3-4-13(8-14)17-6-7-19(33)23-18(17)10-15-9-16-11-20(34)24(28(31)39)27(38)30(16,41)26(37)22(15)25(23)36/h3-8,15-16,33-34,37,41H,2,9-12H2,1H3,(H2,31,39)(H,32,40)/t15-,16+,30+/m1/s1. The molecule has 0 aliphatic heterocycles. The van der Waals surface area contributed by atoms with Crippen LogP contribution in [0.5, 0.6) is 5.75 Å². The molecule has 0 spiro atoms. The molecule has 0 bridgehead atoms. The first-order chi connectivity index (χ1) is 19.9. The fourth-order valence-corrected chi connectivity index (χ4v) is 6.18. The van der Waals surface area contributed by atoms with Gasteiger partial charge in [0.15, 0.2) is 11.4 Å². The topological polar surface area (TPSA) is 214 Å². The van der Waals surface area contributed by atoms with Crippen LogP contribution in [0.15, 0.2) is 59.1 Å². The number of aliphatic hydroxyl groups excluding tert-OH is 2. The predicted octanol–water partition coefficient (Wildman–Crippen LogP) is 1.54. The van der Waals surface area contributed by atoms with Crippen molar-refractivity contribution in [3.63, 3.8) is 0 Å². The third kappa shape index (κ3) is 4.40. The highest BCUT2D eigenvalue weighted by Gasteiger charge is 2.59. The van der Waals surface area contributed by atoms with Crippen molar-refractivity contribution >= 4 is 29.4 Å². The monoisotopic (exact) mass is 576 g/mol. The molecule has 7 N–H and O–H groups in total. The van der Waals surface area contributed by atoms with E-state index in [2.05, 4.69) is 5.32 Å². The third-order valence-electron chi connectivity index (χ3n) is 8.08. The number of carbonyl (C=O) groups excluding carboxylic acids is 5. The van der Waals surface area contributed by atoms with E-state index in [4.69, 9.17) is 10.5 Å². The number of benzene rings is 2. The first-order valence-electron chi connectivity index (χ1n) is 13.3. The molecule has 3 atom stereocenters. The maximum Gasteiger partial charge on any atom is 0.325 e. The Balaban J connectivity index is 1.54. The fraction of sp³-hybridized carbons (Fsp3) is 0.300. The van der Waals surface area contributed by atoms with Gasteiger partial charge in [-0.1, -0.05) is 18.2 Å². The molecule has 218 valence electrons. The second-order valence-corrected chi connectivity index (χ2v) is 10.5. The van der Waals surface area contributed by atoms with Crippen LogP contribution in [0, 0.1) is 11.8 Å². The van der Waals surface area contributed by atoms with Gasteiger partial charge in [0.1, 0.15) is 29.4 Å². The smallest absolute Gasteiger partial charge is 0.325 e. The number of fused-ring (bicyclic) bond motifs is 3. The van der Waals surface area contributed by atoms with Gasteiger partial charge < -0.3 is 36.2 Å². The number of Topliss-reactive ketones (excluding diaryl/α,β-unsaturated/α-hetero) is 2. The van der Waals surface area contributed by atoms with Crippen molar-refractivity contribution in [2.24, 2.45) is 17.6 Å². The molecule has 3 aliphatic carbocycles. The minimum absolute atomic E-state index is 0.00564. The van der Waals surface area contributed by atoms with Crippen LogP contribution < -0.4 is 11.1 Å². The molecule has 0 heterocycles. The van der Waals surface area contributed by atoms with Crippen molar-refractivity contribution in [1.29, 1.82) is 0 Å². The molecule has 2 amide bonds. The Morgan fingerprint density at radius 1 is 1.10 bits per heavy atom. The number of ketones is 2. The number of amides is 2. The summed E-state index contributed by atoms with van der Waals surface area (Å²) in [6, 6.07) is 9.31. The van der Waals surface area contributed by atoms with Crippen LogP contribution >= 0.6 is 0 Å². The quantitative estimate of drug-likeness (QED) is 0.215. The van der Waals surface area contributed by atoms with E-state index in [9.17, 15) is 44.4 Å². The summed E-state index contributed by atoms with van der Waals surface area (Å²) < 4.78 is 4.82. The van der Waals surface area contributed by atoms with Crippen LogP contribution in [-0.2, 0) is 25.5 Å². The Morgan fingerprint density at radius 2 is 1.83 bits per heavy atom. The zero-order valence-corrected chi connectivity index (χ0v) is 22.5. The molecule has 0 saturated heterocycles. The summed E-state index contributed by atoms with van der Waals surface area (Å²) in [5, 5.41) is 46.1. The first kappa shape index (κ1) is 28.6. The molecule has 0 saturated carbocycles. The molecule has 0 radical (unpaired) electrons. The van der Waals surface area contributed by atoms with Gasteiger partial charge in [-0.2, -0.15) is 0 Å². The second kappa shape index (κ2) is 10.5. The number of ether oxygens (including phenoxy) is 1. The van der Waals surface area contributed by atoms with Gasteiger partial charge in [0.25, 0.3) is 11.8 Å². The Kier molecular flexibility index (Phi) is 7.11. The lowest BCUT2D eigenvalue weighted by Crippen LogP contribution is -2.57. The van der Waals surface area contributed by atoms with Gasteiger partial charge in [0.2, 0.25) is 5.78 Å². The summed E-state index contributed by atoms with van der Waals surface area (Å²) >= 11 is 0. The molecule has 0 unspecified atom stereocenters. The number of phenolic OH excluding ortho intramolecular Hbond substituents is 1. The molecule has 2 aromatic carbocycles. The highest BCUT2D eigenvalue weighted by molar-refractivity contribution is 6.24. The van der Waals surface area contributed by atoms with Crippen LogP contribution in [0.2, 0.25) is 0 Å². The number of nitrogens with two attached hydrogens (primary N) is 1. The van der Waals surface area contributed by atoms with Crippen molar-refractivity contribution < 1.29 is 49.1 Å². The second-order valence-electron chi connectivity index (χ2n) is 10.5. The highest BCUT2D eigenvalue weighted by atomic mass is 16.5. The predicted molar refractivity (Wildman–Crippen MR) is 145 cm³/mol. The number of aliphatic hydroxyl groups is 3. The summed E-state index contributed by atoms with van der Waals surface area (Å²) in [6.07, 6.45) is -0.225. The van der Waals surface area contributed by atoms with Gasteiger partial charge in [-0.05, 0) is 60.6 Å². The summed E-state index contributed by atoms with van der Waals surface area (Å²) in [5.74, 6) is -8.16. The zero-order chi connectivity index (χ0) is 30.5. The van der Waals surface area contributed by atoms with Gasteiger partial charge in [-0.15, -0.1) is 0 Å². The number of primary amides is 1.